The zero-order chi connectivity index (χ0) is 30.0. The van der Waals surface area contributed by atoms with Gasteiger partial charge in [0, 0.05) is 18.7 Å². The van der Waals surface area contributed by atoms with Crippen molar-refractivity contribution >= 4 is 21.6 Å². The summed E-state index contributed by atoms with van der Waals surface area (Å²) in [5, 5.41) is 52.3. The van der Waals surface area contributed by atoms with Crippen LogP contribution in [0.25, 0.3) is 0 Å². The lowest BCUT2D eigenvalue weighted by atomic mass is 9.97. The zero-order valence-electron chi connectivity index (χ0n) is 20.5. The van der Waals surface area contributed by atoms with Crippen molar-refractivity contribution in [1.82, 2.24) is 14.9 Å². The Balaban J connectivity index is 1.66. The normalized spacial score (nSPS) is 35.5. The Morgan fingerprint density at radius 3 is 2.30 bits per heavy atom. The van der Waals surface area contributed by atoms with Gasteiger partial charge in [-0.3, -0.25) is 28.2 Å². The number of ether oxygens (including phenoxy) is 2. The van der Waals surface area contributed by atoms with E-state index in [0.29, 0.717) is 0 Å². The SMILES string of the molecule is CCC(=O)NC1C(O)[C@H](O)C(CO)O[C@@H]1OP(=O)(O)OP(=O)(O)OC[C@H]1O[C@@H](n2ccc(=O)[nH]c2=O)C(O)C1O. The molecule has 11 atom stereocenters. The van der Waals surface area contributed by atoms with Crippen LogP contribution in [0.4, 0.5) is 0 Å². The van der Waals surface area contributed by atoms with Gasteiger partial charge in [-0.05, 0) is 0 Å². The van der Waals surface area contributed by atoms with E-state index in [1.807, 2.05) is 4.98 Å². The number of nitrogens with zero attached hydrogens (tertiary/aromatic N) is 1. The lowest BCUT2D eigenvalue weighted by Gasteiger charge is -2.42. The van der Waals surface area contributed by atoms with Crippen molar-refractivity contribution in [3.63, 3.8) is 0 Å². The first-order valence-corrected chi connectivity index (χ1v) is 14.5. The van der Waals surface area contributed by atoms with Crippen LogP contribution in [0.2, 0.25) is 0 Å². The van der Waals surface area contributed by atoms with Crippen LogP contribution >= 0.6 is 15.6 Å². The first-order chi connectivity index (χ1) is 18.6. The van der Waals surface area contributed by atoms with E-state index in [2.05, 4.69) is 14.2 Å². The molecule has 2 fully saturated rings. The Labute approximate surface area is 223 Å². The molecule has 1 aromatic heterocycles. The molecule has 0 spiro atoms. The van der Waals surface area contributed by atoms with E-state index in [4.69, 9.17) is 14.0 Å². The molecule has 0 aromatic carbocycles. The van der Waals surface area contributed by atoms with E-state index < -0.39 is 101 Å². The Bertz CT molecular complexity index is 1260. The van der Waals surface area contributed by atoms with E-state index >= 15 is 0 Å². The molecular formula is C18H29N3O17P2. The molecule has 0 radical (unpaired) electrons. The summed E-state index contributed by atoms with van der Waals surface area (Å²) in [6.07, 6.45) is -13.1. The van der Waals surface area contributed by atoms with Crippen molar-refractivity contribution < 1.29 is 72.1 Å². The van der Waals surface area contributed by atoms with Gasteiger partial charge in [-0.15, -0.1) is 0 Å². The molecule has 0 saturated carbocycles. The minimum absolute atomic E-state index is 0.121. The van der Waals surface area contributed by atoms with Gasteiger partial charge in [0.25, 0.3) is 5.56 Å². The molecule has 1 aromatic rings. The van der Waals surface area contributed by atoms with Gasteiger partial charge in [0.05, 0.1) is 13.2 Å². The minimum atomic E-state index is -5.64. The van der Waals surface area contributed by atoms with Crippen molar-refractivity contribution in [2.24, 2.45) is 0 Å². The van der Waals surface area contributed by atoms with Crippen LogP contribution < -0.4 is 16.6 Å². The number of carbonyl (C=O) groups is 1. The van der Waals surface area contributed by atoms with Crippen LogP contribution in [-0.2, 0) is 36.8 Å². The molecule has 9 N–H and O–H groups in total. The number of phosphoric ester groups is 2. The summed E-state index contributed by atoms with van der Waals surface area (Å²) in [4.78, 5) is 56.9. The number of phosphoric acid groups is 2. The molecule has 20 nitrogen and oxygen atoms in total. The lowest BCUT2D eigenvalue weighted by Crippen LogP contribution is -2.64. The lowest BCUT2D eigenvalue weighted by molar-refractivity contribution is -0.248. The highest BCUT2D eigenvalue weighted by Crippen LogP contribution is 2.61. The number of aromatic amines is 1. The second-order valence-corrected chi connectivity index (χ2v) is 11.6. The summed E-state index contributed by atoms with van der Waals surface area (Å²) in [7, 11) is -11.2. The number of H-pyrrole nitrogens is 1. The van der Waals surface area contributed by atoms with Gasteiger partial charge >= 0.3 is 21.3 Å². The quantitative estimate of drug-likeness (QED) is 0.106. The molecule has 40 heavy (non-hydrogen) atoms. The van der Waals surface area contributed by atoms with E-state index in [0.717, 1.165) is 16.8 Å². The number of carbonyl (C=O) groups excluding carboxylic acids is 1. The Morgan fingerprint density at radius 2 is 1.70 bits per heavy atom. The molecule has 2 aliphatic heterocycles. The average Bonchev–Trinajstić information content (AvgIpc) is 3.14. The highest BCUT2D eigenvalue weighted by molar-refractivity contribution is 7.61. The fourth-order valence-corrected chi connectivity index (χ4v) is 5.97. The molecule has 0 bridgehead atoms. The predicted octanol–water partition coefficient (Wildman–Crippen LogP) is -4.26. The molecular weight excluding hydrogens is 592 g/mol. The fourth-order valence-electron chi connectivity index (χ4n) is 3.81. The van der Waals surface area contributed by atoms with Crippen molar-refractivity contribution in [2.75, 3.05) is 13.2 Å². The maximum Gasteiger partial charge on any atom is 0.483 e. The topological polar surface area (TPSA) is 306 Å². The van der Waals surface area contributed by atoms with Gasteiger partial charge in [0.2, 0.25) is 5.91 Å². The van der Waals surface area contributed by atoms with Crippen LogP contribution in [0, 0.1) is 0 Å². The van der Waals surface area contributed by atoms with E-state index in [-0.39, 0.29) is 6.42 Å². The van der Waals surface area contributed by atoms with Crippen molar-refractivity contribution in [2.45, 2.75) is 68.5 Å². The highest BCUT2D eigenvalue weighted by atomic mass is 31.3. The number of hydrogen-bond acceptors (Lipinski definition) is 15. The fraction of sp³-hybridized carbons (Fsp3) is 0.722. The molecule has 2 aliphatic rings. The second-order valence-electron chi connectivity index (χ2n) is 8.64. The second kappa shape index (κ2) is 13.0. The van der Waals surface area contributed by atoms with Crippen molar-refractivity contribution in [1.29, 1.82) is 0 Å². The smallest absolute Gasteiger partial charge is 0.394 e. The third kappa shape index (κ3) is 7.69. The first-order valence-electron chi connectivity index (χ1n) is 11.5. The third-order valence-corrected chi connectivity index (χ3v) is 8.44. The maximum atomic E-state index is 12.5. The summed E-state index contributed by atoms with van der Waals surface area (Å²) < 4.78 is 49.5. The van der Waals surface area contributed by atoms with Gasteiger partial charge in [-0.2, -0.15) is 4.31 Å². The monoisotopic (exact) mass is 621 g/mol. The molecule has 3 heterocycles. The summed E-state index contributed by atoms with van der Waals surface area (Å²) in [6.45, 7) is -0.502. The van der Waals surface area contributed by atoms with Crippen LogP contribution in [0.15, 0.2) is 21.9 Å². The molecule has 7 unspecified atom stereocenters. The third-order valence-electron chi connectivity index (χ3n) is 5.84. The molecule has 22 heteroatoms. The number of aliphatic hydroxyl groups excluding tert-OH is 5. The Hall–Kier alpha value is -1.87. The van der Waals surface area contributed by atoms with Gasteiger partial charge in [-0.25, -0.2) is 13.9 Å². The number of aliphatic hydroxyl groups is 5. The van der Waals surface area contributed by atoms with Gasteiger partial charge in [0.15, 0.2) is 12.5 Å². The Morgan fingerprint density at radius 1 is 1.05 bits per heavy atom. The van der Waals surface area contributed by atoms with Gasteiger partial charge < -0.3 is 50.1 Å². The summed E-state index contributed by atoms with van der Waals surface area (Å²) >= 11 is 0. The van der Waals surface area contributed by atoms with Gasteiger partial charge in [0.1, 0.15) is 42.7 Å². The zero-order valence-corrected chi connectivity index (χ0v) is 22.3. The van der Waals surface area contributed by atoms with E-state index in [1.165, 1.54) is 6.92 Å². The van der Waals surface area contributed by atoms with Crippen molar-refractivity contribution in [3.8, 4) is 0 Å². The highest BCUT2D eigenvalue weighted by Gasteiger charge is 2.50. The largest absolute Gasteiger partial charge is 0.483 e. The predicted molar refractivity (Wildman–Crippen MR) is 125 cm³/mol. The molecule has 3 rings (SSSR count). The molecule has 1 amide bonds. The molecule has 228 valence electrons. The number of aromatic nitrogens is 2. The van der Waals surface area contributed by atoms with Crippen LogP contribution in [0.5, 0.6) is 0 Å². The van der Waals surface area contributed by atoms with Crippen LogP contribution in [0.1, 0.15) is 19.6 Å². The number of rotatable bonds is 11. The summed E-state index contributed by atoms with van der Waals surface area (Å²) in [5.74, 6) is -0.708. The van der Waals surface area contributed by atoms with E-state index in [1.54, 1.807) is 0 Å². The van der Waals surface area contributed by atoms with Crippen LogP contribution in [0.3, 0.4) is 0 Å². The Kier molecular flexibility index (Phi) is 10.6. The average molecular weight is 621 g/mol. The maximum absolute atomic E-state index is 12.5. The summed E-state index contributed by atoms with van der Waals surface area (Å²) in [6, 6.07) is -0.760. The summed E-state index contributed by atoms with van der Waals surface area (Å²) in [5.41, 5.74) is -1.75. The van der Waals surface area contributed by atoms with E-state index in [9.17, 15) is 58.8 Å². The first kappa shape index (κ1) is 32.6. The number of amides is 1. The minimum Gasteiger partial charge on any atom is -0.394 e. The number of nitrogens with one attached hydrogen (secondary N) is 2. The molecule has 2 saturated heterocycles. The number of hydrogen-bond donors (Lipinski definition) is 9. The van der Waals surface area contributed by atoms with Crippen LogP contribution in [-0.4, -0.2) is 113 Å². The van der Waals surface area contributed by atoms with Gasteiger partial charge in [-0.1, -0.05) is 6.92 Å². The standard InChI is InChI=1S/C18H29N3O17P2/c1-2-9(23)19-11-14(27)12(25)7(5-22)36-17(11)37-40(32,33)38-39(30,31)34-6-8-13(26)15(28)16(35-8)21-4-3-10(24)20-18(21)29/h3-4,7-8,11-17,22,25-28H,2,5-6H2,1H3,(H,19,23)(H,30,31)(H,32,33)(H,20,24,29)/t7?,8-,11?,12-,13?,14?,15?,16-,17-/m1/s1. The molecule has 0 aliphatic carbocycles. The van der Waals surface area contributed by atoms with Crippen molar-refractivity contribution in [3.05, 3.63) is 33.1 Å².